The van der Waals surface area contributed by atoms with E-state index >= 15 is 0 Å². The number of nitrogens with one attached hydrogen (secondary N) is 1. The average molecular weight is 276 g/mol. The number of rotatable bonds is 4. The summed E-state index contributed by atoms with van der Waals surface area (Å²) < 4.78 is 0. The predicted molar refractivity (Wildman–Crippen MR) is 67.1 cm³/mol. The second kappa shape index (κ2) is 6.51. The lowest BCUT2D eigenvalue weighted by Gasteiger charge is -2.25. The molecule has 2 nitrogen and oxygen atoms in total. The van der Waals surface area contributed by atoms with Crippen LogP contribution >= 0.6 is 15.9 Å². The van der Waals surface area contributed by atoms with E-state index in [9.17, 15) is 4.79 Å². The Bertz CT molecular complexity index is 200. The Labute approximate surface area is 101 Å². The number of amides is 1. The molecule has 3 heteroatoms. The molecule has 0 aromatic carbocycles. The molecule has 1 aliphatic rings. The van der Waals surface area contributed by atoms with Gasteiger partial charge in [-0.3, -0.25) is 4.79 Å². The molecule has 0 bridgehead atoms. The lowest BCUT2D eigenvalue weighted by atomic mass is 9.89. The van der Waals surface area contributed by atoms with Crippen LogP contribution in [0.1, 0.15) is 46.0 Å². The molecule has 0 aromatic heterocycles. The third-order valence-electron chi connectivity index (χ3n) is 3.40. The zero-order valence-corrected chi connectivity index (χ0v) is 11.3. The minimum atomic E-state index is 0.164. The van der Waals surface area contributed by atoms with E-state index in [4.69, 9.17) is 0 Å². The Morgan fingerprint density at radius 3 is 2.53 bits per heavy atom. The highest BCUT2D eigenvalue weighted by molar-refractivity contribution is 9.09. The topological polar surface area (TPSA) is 29.1 Å². The second-order valence-electron chi connectivity index (χ2n) is 4.67. The summed E-state index contributed by atoms with van der Waals surface area (Å²) in [5, 5.41) is 3.06. The standard InChI is InChI=1S/C12H22BrNO/c1-3-9(2)12(15)14-8-10-4-6-11(13)7-5-10/h9-11H,3-8H2,1-2H3,(H,14,15). The van der Waals surface area contributed by atoms with Crippen LogP contribution in [0.15, 0.2) is 0 Å². The van der Waals surface area contributed by atoms with Crippen LogP contribution in [-0.4, -0.2) is 17.3 Å². The molecule has 0 radical (unpaired) electrons. The first-order chi connectivity index (χ1) is 7.13. The lowest BCUT2D eigenvalue weighted by molar-refractivity contribution is -0.124. The van der Waals surface area contributed by atoms with E-state index in [1.54, 1.807) is 0 Å². The van der Waals surface area contributed by atoms with Crippen LogP contribution in [0.2, 0.25) is 0 Å². The molecule has 1 atom stereocenters. The fourth-order valence-corrected chi connectivity index (χ4v) is 2.46. The highest BCUT2D eigenvalue weighted by Gasteiger charge is 2.20. The van der Waals surface area contributed by atoms with Crippen LogP contribution in [0.4, 0.5) is 0 Å². The Hall–Kier alpha value is -0.0500. The molecule has 0 aliphatic heterocycles. The number of carbonyl (C=O) groups excluding carboxylic acids is 1. The SMILES string of the molecule is CCC(C)C(=O)NCC1CCC(Br)CC1. The van der Waals surface area contributed by atoms with E-state index in [0.29, 0.717) is 10.7 Å². The summed E-state index contributed by atoms with van der Waals surface area (Å²) in [7, 11) is 0. The van der Waals surface area contributed by atoms with E-state index in [0.717, 1.165) is 13.0 Å². The molecule has 0 spiro atoms. The fraction of sp³-hybridized carbons (Fsp3) is 0.917. The van der Waals surface area contributed by atoms with E-state index in [2.05, 4.69) is 28.2 Å². The van der Waals surface area contributed by atoms with Crippen LogP contribution in [0.5, 0.6) is 0 Å². The summed E-state index contributed by atoms with van der Waals surface area (Å²) in [6.45, 7) is 4.92. The largest absolute Gasteiger partial charge is 0.356 e. The van der Waals surface area contributed by atoms with E-state index in [1.165, 1.54) is 25.7 Å². The molecule has 1 N–H and O–H groups in total. The minimum Gasteiger partial charge on any atom is -0.356 e. The predicted octanol–water partition coefficient (Wildman–Crippen LogP) is 3.10. The number of carbonyl (C=O) groups is 1. The summed E-state index contributed by atoms with van der Waals surface area (Å²) in [6, 6.07) is 0. The third-order valence-corrected chi connectivity index (χ3v) is 4.32. The molecule has 1 aliphatic carbocycles. The van der Waals surface area contributed by atoms with E-state index < -0.39 is 0 Å². The maximum absolute atomic E-state index is 11.6. The molecule has 0 aromatic rings. The first-order valence-electron chi connectivity index (χ1n) is 6.05. The van der Waals surface area contributed by atoms with Crippen LogP contribution in [0.25, 0.3) is 0 Å². The Balaban J connectivity index is 2.17. The van der Waals surface area contributed by atoms with Gasteiger partial charge in [-0.05, 0) is 38.0 Å². The van der Waals surface area contributed by atoms with Gasteiger partial charge in [0.25, 0.3) is 0 Å². The Morgan fingerprint density at radius 2 is 2.00 bits per heavy atom. The van der Waals surface area contributed by atoms with Gasteiger partial charge < -0.3 is 5.32 Å². The van der Waals surface area contributed by atoms with Crippen LogP contribution in [0, 0.1) is 11.8 Å². The van der Waals surface area contributed by atoms with Gasteiger partial charge in [0.1, 0.15) is 0 Å². The molecule has 1 saturated carbocycles. The summed E-state index contributed by atoms with van der Waals surface area (Å²) in [5.41, 5.74) is 0. The average Bonchev–Trinajstić information content (AvgIpc) is 2.26. The minimum absolute atomic E-state index is 0.164. The Kier molecular flexibility index (Phi) is 5.65. The van der Waals surface area contributed by atoms with Crippen molar-refractivity contribution in [2.45, 2.75) is 50.8 Å². The van der Waals surface area contributed by atoms with Crippen molar-refractivity contribution in [2.75, 3.05) is 6.54 Å². The van der Waals surface area contributed by atoms with E-state index in [1.807, 2.05) is 6.92 Å². The summed E-state index contributed by atoms with van der Waals surface area (Å²) in [6.07, 6.45) is 5.93. The molecule has 1 rings (SSSR count). The van der Waals surface area contributed by atoms with Gasteiger partial charge in [0.2, 0.25) is 5.91 Å². The van der Waals surface area contributed by atoms with Crippen molar-refractivity contribution in [2.24, 2.45) is 11.8 Å². The molecule has 1 amide bonds. The van der Waals surface area contributed by atoms with Gasteiger partial charge in [-0.1, -0.05) is 29.8 Å². The summed E-state index contributed by atoms with van der Waals surface area (Å²) in [4.78, 5) is 12.3. The van der Waals surface area contributed by atoms with Gasteiger partial charge in [0.05, 0.1) is 0 Å². The zero-order chi connectivity index (χ0) is 11.3. The van der Waals surface area contributed by atoms with Crippen molar-refractivity contribution in [3.63, 3.8) is 0 Å². The van der Waals surface area contributed by atoms with E-state index in [-0.39, 0.29) is 11.8 Å². The fourth-order valence-electron chi connectivity index (χ4n) is 1.93. The van der Waals surface area contributed by atoms with Gasteiger partial charge in [-0.15, -0.1) is 0 Å². The molecule has 1 unspecified atom stereocenters. The van der Waals surface area contributed by atoms with Crippen molar-refractivity contribution >= 4 is 21.8 Å². The number of halogens is 1. The number of alkyl halides is 1. The van der Waals surface area contributed by atoms with Gasteiger partial charge in [-0.2, -0.15) is 0 Å². The molecule has 0 saturated heterocycles. The second-order valence-corrected chi connectivity index (χ2v) is 5.97. The number of hydrogen-bond acceptors (Lipinski definition) is 1. The molecule has 88 valence electrons. The van der Waals surface area contributed by atoms with Crippen molar-refractivity contribution in [1.29, 1.82) is 0 Å². The maximum atomic E-state index is 11.6. The van der Waals surface area contributed by atoms with Gasteiger partial charge in [-0.25, -0.2) is 0 Å². The van der Waals surface area contributed by atoms with Gasteiger partial charge in [0.15, 0.2) is 0 Å². The maximum Gasteiger partial charge on any atom is 0.222 e. The smallest absolute Gasteiger partial charge is 0.222 e. The molecule has 1 fully saturated rings. The Morgan fingerprint density at radius 1 is 1.40 bits per heavy atom. The normalized spacial score (nSPS) is 28.5. The third kappa shape index (κ3) is 4.54. The molecular weight excluding hydrogens is 254 g/mol. The van der Waals surface area contributed by atoms with Crippen molar-refractivity contribution in [3.05, 3.63) is 0 Å². The highest BCUT2D eigenvalue weighted by Crippen LogP contribution is 2.28. The molecule has 15 heavy (non-hydrogen) atoms. The van der Waals surface area contributed by atoms with Crippen LogP contribution in [0.3, 0.4) is 0 Å². The molecular formula is C12H22BrNO. The van der Waals surface area contributed by atoms with Crippen molar-refractivity contribution in [1.82, 2.24) is 5.32 Å². The van der Waals surface area contributed by atoms with Gasteiger partial charge in [0, 0.05) is 17.3 Å². The van der Waals surface area contributed by atoms with Crippen molar-refractivity contribution in [3.8, 4) is 0 Å². The summed E-state index contributed by atoms with van der Waals surface area (Å²) >= 11 is 3.64. The first kappa shape index (κ1) is 13.0. The quantitative estimate of drug-likeness (QED) is 0.785. The number of hydrogen-bond donors (Lipinski definition) is 1. The summed E-state index contributed by atoms with van der Waals surface area (Å²) in [5.74, 6) is 1.09. The lowest BCUT2D eigenvalue weighted by Crippen LogP contribution is -2.34. The van der Waals surface area contributed by atoms with Crippen LogP contribution in [-0.2, 0) is 4.79 Å². The monoisotopic (exact) mass is 275 g/mol. The van der Waals surface area contributed by atoms with Crippen molar-refractivity contribution < 1.29 is 4.79 Å². The first-order valence-corrected chi connectivity index (χ1v) is 6.96. The zero-order valence-electron chi connectivity index (χ0n) is 9.76. The highest BCUT2D eigenvalue weighted by atomic mass is 79.9. The van der Waals surface area contributed by atoms with Crippen LogP contribution < -0.4 is 5.32 Å². The van der Waals surface area contributed by atoms with Gasteiger partial charge >= 0.3 is 0 Å². The molecule has 0 heterocycles.